The lowest BCUT2D eigenvalue weighted by Crippen LogP contribution is -2.41. The van der Waals surface area contributed by atoms with Crippen LogP contribution in [0, 0.1) is 16.7 Å². The van der Waals surface area contributed by atoms with Gasteiger partial charge in [0, 0.05) is 0 Å². The molecule has 0 aliphatic carbocycles. The van der Waals surface area contributed by atoms with Gasteiger partial charge < -0.3 is 0 Å². The summed E-state index contributed by atoms with van der Waals surface area (Å²) in [7, 11) is 0. The highest BCUT2D eigenvalue weighted by atomic mass is 15.0. The Morgan fingerprint density at radius 1 is 0.857 bits per heavy atom. The molecule has 0 saturated carbocycles. The van der Waals surface area contributed by atoms with Crippen LogP contribution in [0.25, 0.3) is 0 Å². The first-order valence-corrected chi connectivity index (χ1v) is 7.28. The van der Waals surface area contributed by atoms with Crippen LogP contribution in [0.1, 0.15) is 37.9 Å². The van der Waals surface area contributed by atoms with Gasteiger partial charge in [-0.1, -0.05) is 81.4 Å². The molecule has 0 saturated heterocycles. The van der Waals surface area contributed by atoms with Crippen molar-refractivity contribution in [1.82, 2.24) is 5.32 Å². The van der Waals surface area contributed by atoms with Crippen LogP contribution >= 0.6 is 0 Å². The van der Waals surface area contributed by atoms with Gasteiger partial charge in [0.1, 0.15) is 6.04 Å². The lowest BCUT2D eigenvalue weighted by atomic mass is 9.86. The predicted octanol–water partition coefficient (Wildman–Crippen LogP) is 4.30. The average Bonchev–Trinajstić information content (AvgIpc) is 2.49. The number of rotatable bonds is 4. The van der Waals surface area contributed by atoms with Crippen molar-refractivity contribution in [2.24, 2.45) is 5.41 Å². The zero-order valence-corrected chi connectivity index (χ0v) is 12.9. The topological polar surface area (TPSA) is 35.8 Å². The molecular weight excluding hydrogens is 256 g/mol. The van der Waals surface area contributed by atoms with Crippen molar-refractivity contribution in [3.63, 3.8) is 0 Å². The molecule has 1 N–H and O–H groups in total. The number of nitriles is 1. The van der Waals surface area contributed by atoms with E-state index >= 15 is 0 Å². The van der Waals surface area contributed by atoms with Crippen LogP contribution in [0.15, 0.2) is 60.7 Å². The van der Waals surface area contributed by atoms with Crippen molar-refractivity contribution in [2.75, 3.05) is 0 Å². The van der Waals surface area contributed by atoms with E-state index in [9.17, 15) is 5.26 Å². The molecule has 2 aromatic rings. The maximum Gasteiger partial charge on any atom is 0.101 e. The van der Waals surface area contributed by atoms with Gasteiger partial charge in [0.05, 0.1) is 12.1 Å². The van der Waals surface area contributed by atoms with Gasteiger partial charge in [0.2, 0.25) is 0 Å². The summed E-state index contributed by atoms with van der Waals surface area (Å²) in [6.07, 6.45) is 0. The van der Waals surface area contributed by atoms with Crippen molar-refractivity contribution in [2.45, 2.75) is 32.9 Å². The lowest BCUT2D eigenvalue weighted by molar-refractivity contribution is 0.306. The summed E-state index contributed by atoms with van der Waals surface area (Å²) in [6.45, 7) is 6.25. The summed E-state index contributed by atoms with van der Waals surface area (Å²) in [5, 5.41) is 13.0. The third-order valence-electron chi connectivity index (χ3n) is 3.59. The molecule has 0 spiro atoms. The largest absolute Gasteiger partial charge is 0.291 e. The van der Waals surface area contributed by atoms with Crippen molar-refractivity contribution < 1.29 is 0 Å². The van der Waals surface area contributed by atoms with Crippen LogP contribution in [0.4, 0.5) is 0 Å². The van der Waals surface area contributed by atoms with E-state index in [0.29, 0.717) is 0 Å². The Morgan fingerprint density at radius 2 is 1.29 bits per heavy atom. The van der Waals surface area contributed by atoms with E-state index < -0.39 is 0 Å². The third kappa shape index (κ3) is 3.93. The monoisotopic (exact) mass is 278 g/mol. The molecule has 1 atom stereocenters. The summed E-state index contributed by atoms with van der Waals surface area (Å²) in [6, 6.07) is 22.8. The van der Waals surface area contributed by atoms with Gasteiger partial charge in [-0.15, -0.1) is 0 Å². The molecule has 0 bridgehead atoms. The Balaban J connectivity index is 2.36. The van der Waals surface area contributed by atoms with Gasteiger partial charge in [0.15, 0.2) is 0 Å². The van der Waals surface area contributed by atoms with Crippen LogP contribution in [0.3, 0.4) is 0 Å². The van der Waals surface area contributed by atoms with Gasteiger partial charge >= 0.3 is 0 Å². The SMILES string of the molecule is CC(C)(C)[C@H](C#N)NC(c1ccccc1)c1ccccc1. The summed E-state index contributed by atoms with van der Waals surface area (Å²) < 4.78 is 0. The van der Waals surface area contributed by atoms with E-state index in [0.717, 1.165) is 0 Å². The highest BCUT2D eigenvalue weighted by molar-refractivity contribution is 5.32. The van der Waals surface area contributed by atoms with E-state index in [1.807, 2.05) is 36.4 Å². The quantitative estimate of drug-likeness (QED) is 0.905. The molecule has 0 unspecified atom stereocenters. The Bertz CT molecular complexity index is 551. The minimum Gasteiger partial charge on any atom is -0.291 e. The highest BCUT2D eigenvalue weighted by Gasteiger charge is 2.27. The Morgan fingerprint density at radius 3 is 1.62 bits per heavy atom. The minimum absolute atomic E-state index is 0.0243. The molecule has 2 rings (SSSR count). The molecule has 108 valence electrons. The minimum atomic E-state index is -0.220. The van der Waals surface area contributed by atoms with Gasteiger partial charge in [-0.05, 0) is 16.5 Å². The summed E-state index contributed by atoms with van der Waals surface area (Å²) in [5.41, 5.74) is 2.23. The second kappa shape index (κ2) is 6.56. The summed E-state index contributed by atoms with van der Waals surface area (Å²) in [4.78, 5) is 0. The van der Waals surface area contributed by atoms with Crippen molar-refractivity contribution in [1.29, 1.82) is 5.26 Å². The predicted molar refractivity (Wildman–Crippen MR) is 86.7 cm³/mol. The Labute approximate surface area is 127 Å². The highest BCUT2D eigenvalue weighted by Crippen LogP contribution is 2.27. The first-order valence-electron chi connectivity index (χ1n) is 7.28. The number of nitrogens with zero attached hydrogens (tertiary/aromatic N) is 1. The van der Waals surface area contributed by atoms with E-state index in [-0.39, 0.29) is 17.5 Å². The molecule has 0 amide bonds. The fourth-order valence-electron chi connectivity index (χ4n) is 2.32. The van der Waals surface area contributed by atoms with Gasteiger partial charge in [0.25, 0.3) is 0 Å². The normalized spacial score (nSPS) is 12.9. The van der Waals surface area contributed by atoms with Crippen LogP contribution in [0.5, 0.6) is 0 Å². The molecule has 2 nitrogen and oxygen atoms in total. The standard InChI is InChI=1S/C19H22N2/c1-19(2,3)17(14-20)21-18(15-10-6-4-7-11-15)16-12-8-5-9-13-16/h4-13,17-18,21H,1-3H3/t17-/m0/s1. The van der Waals surface area contributed by atoms with Crippen LogP contribution in [-0.2, 0) is 0 Å². The zero-order chi connectivity index (χ0) is 15.3. The van der Waals surface area contributed by atoms with E-state index in [1.54, 1.807) is 0 Å². The first kappa shape index (κ1) is 15.3. The van der Waals surface area contributed by atoms with E-state index in [4.69, 9.17) is 0 Å². The Hall–Kier alpha value is -2.11. The maximum atomic E-state index is 9.49. The average molecular weight is 278 g/mol. The van der Waals surface area contributed by atoms with Crippen molar-refractivity contribution in [3.05, 3.63) is 71.8 Å². The molecule has 2 aromatic carbocycles. The molecule has 2 heteroatoms. The summed E-state index contributed by atoms with van der Waals surface area (Å²) >= 11 is 0. The molecular formula is C19H22N2. The van der Waals surface area contributed by atoms with Crippen molar-refractivity contribution in [3.8, 4) is 6.07 Å². The smallest absolute Gasteiger partial charge is 0.101 e. The van der Waals surface area contributed by atoms with Crippen LogP contribution < -0.4 is 5.32 Å². The number of hydrogen-bond donors (Lipinski definition) is 1. The van der Waals surface area contributed by atoms with E-state index in [2.05, 4.69) is 56.4 Å². The third-order valence-corrected chi connectivity index (χ3v) is 3.59. The summed E-state index contributed by atoms with van der Waals surface area (Å²) in [5.74, 6) is 0. The lowest BCUT2D eigenvalue weighted by Gasteiger charge is -2.30. The van der Waals surface area contributed by atoms with E-state index in [1.165, 1.54) is 11.1 Å². The van der Waals surface area contributed by atoms with Gasteiger partial charge in [-0.25, -0.2) is 0 Å². The van der Waals surface area contributed by atoms with Gasteiger partial charge in [-0.3, -0.25) is 5.32 Å². The van der Waals surface area contributed by atoms with Crippen LogP contribution in [-0.4, -0.2) is 6.04 Å². The fraction of sp³-hybridized carbons (Fsp3) is 0.316. The van der Waals surface area contributed by atoms with Gasteiger partial charge in [-0.2, -0.15) is 5.26 Å². The zero-order valence-electron chi connectivity index (χ0n) is 12.9. The number of benzene rings is 2. The molecule has 0 aliphatic heterocycles. The molecule has 0 aromatic heterocycles. The fourth-order valence-corrected chi connectivity index (χ4v) is 2.32. The Kier molecular flexibility index (Phi) is 4.77. The molecule has 21 heavy (non-hydrogen) atoms. The molecule has 0 heterocycles. The van der Waals surface area contributed by atoms with Crippen LogP contribution in [0.2, 0.25) is 0 Å². The molecule has 0 radical (unpaired) electrons. The number of nitrogens with one attached hydrogen (secondary N) is 1. The second-order valence-corrected chi connectivity index (χ2v) is 6.35. The molecule has 0 fully saturated rings. The number of hydrogen-bond acceptors (Lipinski definition) is 2. The van der Waals surface area contributed by atoms with Crippen molar-refractivity contribution >= 4 is 0 Å². The second-order valence-electron chi connectivity index (χ2n) is 6.35. The first-order chi connectivity index (χ1) is 10.0. The maximum absolute atomic E-state index is 9.49. The molecule has 0 aliphatic rings.